The fourth-order valence-electron chi connectivity index (χ4n) is 1.66. The molecule has 80 valence electrons. The van der Waals surface area contributed by atoms with Crippen LogP contribution in [0.1, 0.15) is 26.7 Å². The molecule has 0 saturated carbocycles. The van der Waals surface area contributed by atoms with Crippen molar-refractivity contribution in [2.45, 2.75) is 32.2 Å². The van der Waals surface area contributed by atoms with E-state index in [0.717, 1.165) is 0 Å². The normalized spacial score (nSPS) is 20.3. The Balaban J connectivity index is 0.000000146. The molecule has 2 nitrogen and oxygen atoms in total. The Kier molecular flexibility index (Phi) is 3.76. The summed E-state index contributed by atoms with van der Waals surface area (Å²) in [5.74, 6) is 0. The van der Waals surface area contributed by atoms with Crippen LogP contribution in [0, 0.1) is 0 Å². The Morgan fingerprint density at radius 2 is 1.64 bits per heavy atom. The second-order valence-corrected chi connectivity index (χ2v) is 4.69. The minimum absolute atomic E-state index is 0.486. The van der Waals surface area contributed by atoms with E-state index in [1.165, 1.54) is 19.4 Å². The minimum atomic E-state index is 0.486. The third-order valence-electron chi connectivity index (χ3n) is 3.07. The molecule has 1 saturated heterocycles. The predicted molar refractivity (Wildman–Crippen MR) is 61.4 cm³/mol. The van der Waals surface area contributed by atoms with Gasteiger partial charge in [-0.3, -0.25) is 0 Å². The van der Waals surface area contributed by atoms with Gasteiger partial charge in [0.25, 0.3) is 0 Å². The molecule has 0 atom stereocenters. The third kappa shape index (κ3) is 3.18. The van der Waals surface area contributed by atoms with E-state index in [1.807, 2.05) is 36.1 Å². The van der Waals surface area contributed by atoms with Crippen molar-refractivity contribution < 1.29 is 0 Å². The molecule has 1 aliphatic rings. The zero-order chi connectivity index (χ0) is 10.6. The summed E-state index contributed by atoms with van der Waals surface area (Å²) < 4.78 is 2.00. The SMILES string of the molecule is CN1CCCC1(C)C.Cn1cccc1. The van der Waals surface area contributed by atoms with Crippen LogP contribution in [-0.4, -0.2) is 28.6 Å². The average molecular weight is 194 g/mol. The van der Waals surface area contributed by atoms with Crippen molar-refractivity contribution in [2.24, 2.45) is 7.05 Å². The van der Waals surface area contributed by atoms with Gasteiger partial charge in [-0.15, -0.1) is 0 Å². The molecule has 0 bridgehead atoms. The van der Waals surface area contributed by atoms with Gasteiger partial charge in [-0.25, -0.2) is 0 Å². The molecule has 14 heavy (non-hydrogen) atoms. The first kappa shape index (κ1) is 11.3. The zero-order valence-electron chi connectivity index (χ0n) is 9.83. The smallest absolute Gasteiger partial charge is 0.0150 e. The monoisotopic (exact) mass is 194 g/mol. The van der Waals surface area contributed by atoms with E-state index >= 15 is 0 Å². The van der Waals surface area contributed by atoms with Gasteiger partial charge in [0.15, 0.2) is 0 Å². The summed E-state index contributed by atoms with van der Waals surface area (Å²) in [7, 11) is 4.20. The van der Waals surface area contributed by atoms with Crippen LogP contribution in [0.3, 0.4) is 0 Å². The Morgan fingerprint density at radius 3 is 1.79 bits per heavy atom. The van der Waals surface area contributed by atoms with Gasteiger partial charge in [0.1, 0.15) is 0 Å². The molecule has 0 aliphatic carbocycles. The van der Waals surface area contributed by atoms with E-state index in [9.17, 15) is 0 Å². The summed E-state index contributed by atoms with van der Waals surface area (Å²) in [4.78, 5) is 2.42. The molecule has 0 aromatic carbocycles. The van der Waals surface area contributed by atoms with Crippen LogP contribution in [-0.2, 0) is 7.05 Å². The largest absolute Gasteiger partial charge is 0.357 e. The van der Waals surface area contributed by atoms with Crippen molar-refractivity contribution >= 4 is 0 Å². The number of rotatable bonds is 0. The van der Waals surface area contributed by atoms with Crippen molar-refractivity contribution in [3.05, 3.63) is 24.5 Å². The fraction of sp³-hybridized carbons (Fsp3) is 0.667. The maximum absolute atomic E-state index is 2.42. The molecule has 0 N–H and O–H groups in total. The molecule has 0 spiro atoms. The molecule has 1 aromatic heterocycles. The number of nitrogens with zero attached hydrogens (tertiary/aromatic N) is 2. The Morgan fingerprint density at radius 1 is 1.07 bits per heavy atom. The van der Waals surface area contributed by atoms with Gasteiger partial charge in [-0.05, 0) is 52.4 Å². The Bertz CT molecular complexity index is 249. The number of likely N-dealkylation sites (tertiary alicyclic amines) is 1. The molecule has 2 heterocycles. The summed E-state index contributed by atoms with van der Waals surface area (Å²) in [5.41, 5.74) is 0.486. The molecule has 0 amide bonds. The number of hydrogen-bond acceptors (Lipinski definition) is 1. The Labute approximate surface area is 87.5 Å². The van der Waals surface area contributed by atoms with Crippen LogP contribution >= 0.6 is 0 Å². The topological polar surface area (TPSA) is 8.17 Å². The van der Waals surface area contributed by atoms with Gasteiger partial charge in [0, 0.05) is 25.0 Å². The lowest BCUT2D eigenvalue weighted by atomic mass is 10.0. The second-order valence-electron chi connectivity index (χ2n) is 4.69. The van der Waals surface area contributed by atoms with Gasteiger partial charge >= 0.3 is 0 Å². The number of hydrogen-bond donors (Lipinski definition) is 0. The number of aryl methyl sites for hydroxylation is 1. The van der Waals surface area contributed by atoms with E-state index in [2.05, 4.69) is 25.8 Å². The molecule has 2 heteroatoms. The highest BCUT2D eigenvalue weighted by atomic mass is 15.2. The van der Waals surface area contributed by atoms with Crippen molar-refractivity contribution in [2.75, 3.05) is 13.6 Å². The first-order valence-electron chi connectivity index (χ1n) is 5.30. The zero-order valence-corrected chi connectivity index (χ0v) is 9.83. The first-order chi connectivity index (χ1) is 6.52. The second kappa shape index (κ2) is 4.65. The van der Waals surface area contributed by atoms with Crippen molar-refractivity contribution in [1.82, 2.24) is 9.47 Å². The molecule has 2 rings (SSSR count). The van der Waals surface area contributed by atoms with E-state index in [0.29, 0.717) is 5.54 Å². The lowest BCUT2D eigenvalue weighted by Gasteiger charge is -2.26. The molecule has 0 radical (unpaired) electrons. The summed E-state index contributed by atoms with van der Waals surface area (Å²) in [6.45, 7) is 5.90. The van der Waals surface area contributed by atoms with Gasteiger partial charge < -0.3 is 9.47 Å². The van der Waals surface area contributed by atoms with Crippen molar-refractivity contribution in [1.29, 1.82) is 0 Å². The van der Waals surface area contributed by atoms with Gasteiger partial charge in [0.05, 0.1) is 0 Å². The summed E-state index contributed by atoms with van der Waals surface area (Å²) in [6.07, 6.45) is 6.74. The van der Waals surface area contributed by atoms with E-state index < -0.39 is 0 Å². The average Bonchev–Trinajstić information content (AvgIpc) is 2.65. The highest BCUT2D eigenvalue weighted by molar-refractivity contribution is 4.88. The van der Waals surface area contributed by atoms with Crippen molar-refractivity contribution in [3.8, 4) is 0 Å². The summed E-state index contributed by atoms with van der Waals surface area (Å²) >= 11 is 0. The fourth-order valence-corrected chi connectivity index (χ4v) is 1.66. The maximum atomic E-state index is 2.42. The molecule has 1 aliphatic heterocycles. The van der Waals surface area contributed by atoms with Crippen LogP contribution in [0.5, 0.6) is 0 Å². The third-order valence-corrected chi connectivity index (χ3v) is 3.07. The lowest BCUT2D eigenvalue weighted by molar-refractivity contribution is 0.218. The number of aromatic nitrogens is 1. The molecule has 1 aromatic rings. The van der Waals surface area contributed by atoms with Gasteiger partial charge in [-0.2, -0.15) is 0 Å². The first-order valence-corrected chi connectivity index (χ1v) is 5.30. The summed E-state index contributed by atoms with van der Waals surface area (Å²) in [5, 5.41) is 0. The summed E-state index contributed by atoms with van der Waals surface area (Å²) in [6, 6.07) is 4.00. The molecule has 0 unspecified atom stereocenters. The van der Waals surface area contributed by atoms with Crippen LogP contribution in [0.4, 0.5) is 0 Å². The lowest BCUT2D eigenvalue weighted by Crippen LogP contribution is -2.34. The van der Waals surface area contributed by atoms with Gasteiger partial charge in [0.2, 0.25) is 0 Å². The van der Waals surface area contributed by atoms with E-state index in [-0.39, 0.29) is 0 Å². The maximum Gasteiger partial charge on any atom is 0.0150 e. The van der Waals surface area contributed by atoms with Gasteiger partial charge in [-0.1, -0.05) is 0 Å². The van der Waals surface area contributed by atoms with E-state index in [1.54, 1.807) is 0 Å². The molecular formula is C12H22N2. The van der Waals surface area contributed by atoms with E-state index in [4.69, 9.17) is 0 Å². The Hall–Kier alpha value is -0.760. The molecular weight excluding hydrogens is 172 g/mol. The van der Waals surface area contributed by atoms with Crippen LogP contribution in [0.15, 0.2) is 24.5 Å². The van der Waals surface area contributed by atoms with Crippen LogP contribution < -0.4 is 0 Å². The van der Waals surface area contributed by atoms with Crippen molar-refractivity contribution in [3.63, 3.8) is 0 Å². The van der Waals surface area contributed by atoms with Crippen LogP contribution in [0.25, 0.3) is 0 Å². The molecule has 1 fully saturated rings. The highest BCUT2D eigenvalue weighted by Crippen LogP contribution is 2.25. The standard InChI is InChI=1S/C7H15N.C5H7N/c1-7(2)5-4-6-8(7)3;1-6-4-2-3-5-6/h4-6H2,1-3H3;2-5H,1H3. The highest BCUT2D eigenvalue weighted by Gasteiger charge is 2.27. The minimum Gasteiger partial charge on any atom is -0.357 e. The predicted octanol–water partition coefficient (Wildman–Crippen LogP) is 2.52. The van der Waals surface area contributed by atoms with Crippen LogP contribution in [0.2, 0.25) is 0 Å². The quantitative estimate of drug-likeness (QED) is 0.616.